The summed E-state index contributed by atoms with van der Waals surface area (Å²) in [4.78, 5) is 0. The lowest BCUT2D eigenvalue weighted by Gasteiger charge is -2.11. The van der Waals surface area contributed by atoms with E-state index in [1.54, 1.807) is 0 Å². The molecule has 0 aliphatic rings. The maximum atomic E-state index is 8.68. The fourth-order valence-electron chi connectivity index (χ4n) is 2.29. The highest BCUT2D eigenvalue weighted by Gasteiger charge is 2.04. The maximum absolute atomic E-state index is 8.68. The first-order chi connectivity index (χ1) is 12.2. The Hall–Kier alpha value is -1.11. The molecule has 0 aliphatic carbocycles. The molecule has 0 atom stereocenters. The molecule has 0 amide bonds. The quantitative estimate of drug-likeness (QED) is 0.478. The van der Waals surface area contributed by atoms with Gasteiger partial charge in [-0.25, -0.2) is 0 Å². The van der Waals surface area contributed by atoms with Crippen LogP contribution >= 0.6 is 27.5 Å². The van der Waals surface area contributed by atoms with Crippen molar-refractivity contribution in [1.82, 2.24) is 10.6 Å². The first-order valence-corrected chi connectivity index (χ1v) is 9.54. The van der Waals surface area contributed by atoms with Gasteiger partial charge in [-0.3, -0.25) is 0 Å². The van der Waals surface area contributed by atoms with Crippen molar-refractivity contribution in [3.05, 3.63) is 63.1 Å². The molecule has 0 radical (unpaired) electrons. The Morgan fingerprint density at radius 2 is 1.68 bits per heavy atom. The number of hydrogen-bond acceptors (Lipinski definition) is 4. The van der Waals surface area contributed by atoms with E-state index in [9.17, 15) is 0 Å². The zero-order valence-corrected chi connectivity index (χ0v) is 16.4. The lowest BCUT2D eigenvalue weighted by Crippen LogP contribution is -2.23. The minimum absolute atomic E-state index is 0.188. The van der Waals surface area contributed by atoms with E-state index in [-0.39, 0.29) is 6.61 Å². The number of aliphatic hydroxyl groups is 1. The molecule has 6 heteroatoms. The second kappa shape index (κ2) is 11.5. The van der Waals surface area contributed by atoms with Crippen molar-refractivity contribution in [3.8, 4) is 5.75 Å². The number of halogens is 2. The summed E-state index contributed by atoms with van der Waals surface area (Å²) in [5.41, 5.74) is 2.28. The minimum atomic E-state index is 0.188. The SMILES string of the molecule is OCCNCCCNCc1ccc(OCc2ccc(Cl)cc2)c(Br)c1. The highest BCUT2D eigenvalue weighted by molar-refractivity contribution is 9.10. The molecule has 0 spiro atoms. The Labute approximate surface area is 162 Å². The average Bonchev–Trinajstić information content (AvgIpc) is 2.61. The number of nitrogens with one attached hydrogen (secondary N) is 2. The Balaban J connectivity index is 1.73. The molecule has 136 valence electrons. The smallest absolute Gasteiger partial charge is 0.134 e. The van der Waals surface area contributed by atoms with Crippen molar-refractivity contribution in [2.24, 2.45) is 0 Å². The molecule has 0 fully saturated rings. The molecule has 4 nitrogen and oxygen atoms in total. The summed E-state index contributed by atoms with van der Waals surface area (Å²) in [6.07, 6.45) is 1.03. The highest BCUT2D eigenvalue weighted by Crippen LogP contribution is 2.27. The molecular weight excluding hydrogens is 404 g/mol. The monoisotopic (exact) mass is 426 g/mol. The van der Waals surface area contributed by atoms with Crippen LogP contribution in [0.2, 0.25) is 5.02 Å². The topological polar surface area (TPSA) is 53.5 Å². The van der Waals surface area contributed by atoms with Crippen LogP contribution < -0.4 is 15.4 Å². The second-order valence-electron chi connectivity index (χ2n) is 5.68. The molecule has 3 N–H and O–H groups in total. The van der Waals surface area contributed by atoms with Gasteiger partial charge in [0.1, 0.15) is 12.4 Å². The maximum Gasteiger partial charge on any atom is 0.134 e. The van der Waals surface area contributed by atoms with E-state index >= 15 is 0 Å². The van der Waals surface area contributed by atoms with Gasteiger partial charge in [0.15, 0.2) is 0 Å². The summed E-state index contributed by atoms with van der Waals surface area (Å²) < 4.78 is 6.81. The predicted octanol–water partition coefficient (Wildman–Crippen LogP) is 3.74. The van der Waals surface area contributed by atoms with Gasteiger partial charge in [0, 0.05) is 18.1 Å². The largest absolute Gasteiger partial charge is 0.488 e. The Bertz CT molecular complexity index is 638. The van der Waals surface area contributed by atoms with Gasteiger partial charge >= 0.3 is 0 Å². The molecule has 2 rings (SSSR count). The van der Waals surface area contributed by atoms with Gasteiger partial charge in [0.25, 0.3) is 0 Å². The lowest BCUT2D eigenvalue weighted by atomic mass is 10.2. The van der Waals surface area contributed by atoms with Crippen LogP contribution in [-0.4, -0.2) is 31.3 Å². The third kappa shape index (κ3) is 7.75. The summed E-state index contributed by atoms with van der Waals surface area (Å²) in [5.74, 6) is 0.826. The van der Waals surface area contributed by atoms with Gasteiger partial charge in [-0.1, -0.05) is 29.8 Å². The third-order valence-corrected chi connectivity index (χ3v) is 4.50. The number of aliphatic hydroxyl groups excluding tert-OH is 1. The van der Waals surface area contributed by atoms with Crippen molar-refractivity contribution >= 4 is 27.5 Å². The summed E-state index contributed by atoms with van der Waals surface area (Å²) in [6.45, 7) is 4.02. The molecule has 0 aliphatic heterocycles. The van der Waals surface area contributed by atoms with Crippen LogP contribution in [-0.2, 0) is 13.2 Å². The van der Waals surface area contributed by atoms with E-state index in [0.29, 0.717) is 13.2 Å². The molecule has 25 heavy (non-hydrogen) atoms. The molecule has 0 heterocycles. The number of ether oxygens (including phenoxy) is 1. The summed E-state index contributed by atoms with van der Waals surface area (Å²) in [5, 5.41) is 16.0. The molecular formula is C19H24BrClN2O2. The predicted molar refractivity (Wildman–Crippen MR) is 106 cm³/mol. The van der Waals surface area contributed by atoms with Gasteiger partial charge in [-0.2, -0.15) is 0 Å². The van der Waals surface area contributed by atoms with Gasteiger partial charge in [0.05, 0.1) is 11.1 Å². The third-order valence-electron chi connectivity index (χ3n) is 3.63. The van der Waals surface area contributed by atoms with Crippen LogP contribution in [0.1, 0.15) is 17.5 Å². The van der Waals surface area contributed by atoms with E-state index in [1.807, 2.05) is 30.3 Å². The van der Waals surface area contributed by atoms with Gasteiger partial charge in [-0.05, 0) is 70.8 Å². The van der Waals surface area contributed by atoms with Crippen molar-refractivity contribution < 1.29 is 9.84 Å². The molecule has 0 bridgehead atoms. The molecule has 2 aromatic rings. The first kappa shape index (κ1) is 20.2. The molecule has 0 aromatic heterocycles. The molecule has 2 aromatic carbocycles. The zero-order valence-electron chi connectivity index (χ0n) is 14.1. The molecule has 0 unspecified atom stereocenters. The van der Waals surface area contributed by atoms with E-state index in [4.69, 9.17) is 21.4 Å². The van der Waals surface area contributed by atoms with E-state index in [0.717, 1.165) is 46.9 Å². The van der Waals surface area contributed by atoms with Crippen LogP contribution in [0.5, 0.6) is 5.75 Å². The molecule has 0 saturated heterocycles. The first-order valence-electron chi connectivity index (χ1n) is 8.37. The number of hydrogen-bond donors (Lipinski definition) is 3. The lowest BCUT2D eigenvalue weighted by molar-refractivity contribution is 0.292. The fourth-order valence-corrected chi connectivity index (χ4v) is 2.95. The number of benzene rings is 2. The number of rotatable bonds is 11. The van der Waals surface area contributed by atoms with E-state index < -0.39 is 0 Å². The normalized spacial score (nSPS) is 10.8. The average molecular weight is 428 g/mol. The Morgan fingerprint density at radius 1 is 0.960 bits per heavy atom. The van der Waals surface area contributed by atoms with E-state index in [1.165, 1.54) is 5.56 Å². The van der Waals surface area contributed by atoms with Gasteiger partial charge < -0.3 is 20.5 Å². The summed E-state index contributed by atoms with van der Waals surface area (Å²) >= 11 is 9.46. The second-order valence-corrected chi connectivity index (χ2v) is 6.97. The van der Waals surface area contributed by atoms with E-state index in [2.05, 4.69) is 38.7 Å². The highest BCUT2D eigenvalue weighted by atomic mass is 79.9. The molecule has 0 saturated carbocycles. The van der Waals surface area contributed by atoms with Gasteiger partial charge in [0.2, 0.25) is 0 Å². The minimum Gasteiger partial charge on any atom is -0.488 e. The van der Waals surface area contributed by atoms with Crippen LogP contribution in [0.15, 0.2) is 46.9 Å². The fraction of sp³-hybridized carbons (Fsp3) is 0.368. The standard InChI is InChI=1S/C19H24BrClN2O2/c20-18-12-16(13-23-9-1-8-22-10-11-24)4-7-19(18)25-14-15-2-5-17(21)6-3-15/h2-7,12,22-24H,1,8-11,13-14H2. The van der Waals surface area contributed by atoms with Crippen molar-refractivity contribution in [3.63, 3.8) is 0 Å². The summed E-state index contributed by atoms with van der Waals surface area (Å²) in [7, 11) is 0. The zero-order chi connectivity index (χ0) is 17.9. The van der Waals surface area contributed by atoms with Crippen molar-refractivity contribution in [1.29, 1.82) is 0 Å². The van der Waals surface area contributed by atoms with Gasteiger partial charge in [-0.15, -0.1) is 0 Å². The van der Waals surface area contributed by atoms with Crippen LogP contribution in [0.25, 0.3) is 0 Å². The van der Waals surface area contributed by atoms with Crippen molar-refractivity contribution in [2.45, 2.75) is 19.6 Å². The van der Waals surface area contributed by atoms with Crippen molar-refractivity contribution in [2.75, 3.05) is 26.2 Å². The van der Waals surface area contributed by atoms with Crippen LogP contribution in [0.3, 0.4) is 0 Å². The van der Waals surface area contributed by atoms with Crippen LogP contribution in [0.4, 0.5) is 0 Å². The Morgan fingerprint density at radius 3 is 2.40 bits per heavy atom. The van der Waals surface area contributed by atoms with Crippen LogP contribution in [0, 0.1) is 0 Å². The Kier molecular flexibility index (Phi) is 9.29. The summed E-state index contributed by atoms with van der Waals surface area (Å²) in [6, 6.07) is 13.8.